The summed E-state index contributed by atoms with van der Waals surface area (Å²) < 4.78 is 5.37. The fourth-order valence-electron chi connectivity index (χ4n) is 2.56. The van der Waals surface area contributed by atoms with Gasteiger partial charge in [-0.15, -0.1) is 0 Å². The van der Waals surface area contributed by atoms with Gasteiger partial charge in [0, 0.05) is 26.3 Å². The summed E-state index contributed by atoms with van der Waals surface area (Å²) in [6, 6.07) is 0. The van der Waals surface area contributed by atoms with E-state index in [4.69, 9.17) is 4.74 Å². The highest BCUT2D eigenvalue weighted by Crippen LogP contribution is 2.28. The molecule has 17 heavy (non-hydrogen) atoms. The zero-order valence-corrected chi connectivity index (χ0v) is 10.8. The van der Waals surface area contributed by atoms with Crippen molar-refractivity contribution in [2.24, 2.45) is 11.3 Å². The predicted octanol–water partition coefficient (Wildman–Crippen LogP) is 0.919. The highest BCUT2D eigenvalue weighted by Gasteiger charge is 2.29. The maximum atomic E-state index is 12.0. The molecule has 0 spiro atoms. The lowest BCUT2D eigenvalue weighted by molar-refractivity contribution is -0.126. The van der Waals surface area contributed by atoms with Crippen LogP contribution in [0.5, 0.6) is 0 Å². The number of carbonyl (C=O) groups excluding carboxylic acids is 1. The van der Waals surface area contributed by atoms with Crippen LogP contribution in [0.15, 0.2) is 0 Å². The van der Waals surface area contributed by atoms with Gasteiger partial charge in [-0.2, -0.15) is 0 Å². The van der Waals surface area contributed by atoms with Crippen molar-refractivity contribution in [1.82, 2.24) is 10.6 Å². The fourth-order valence-corrected chi connectivity index (χ4v) is 2.56. The molecule has 0 saturated carbocycles. The molecule has 0 aliphatic carbocycles. The van der Waals surface area contributed by atoms with Crippen molar-refractivity contribution >= 4 is 5.91 Å². The van der Waals surface area contributed by atoms with Crippen molar-refractivity contribution in [3.63, 3.8) is 0 Å². The standard InChI is InChI=1S/C13H24N2O2/c1-13(4-7-17-8-5-13)10-15-12(16)11-3-2-6-14-9-11/h11,14H,2-10H2,1H3,(H,15,16). The zero-order chi connectivity index (χ0) is 12.1. The van der Waals surface area contributed by atoms with Crippen molar-refractivity contribution in [3.8, 4) is 0 Å². The minimum absolute atomic E-state index is 0.173. The lowest BCUT2D eigenvalue weighted by Gasteiger charge is -2.34. The van der Waals surface area contributed by atoms with Gasteiger partial charge >= 0.3 is 0 Å². The molecule has 0 bridgehead atoms. The number of ether oxygens (including phenoxy) is 1. The number of rotatable bonds is 3. The Kier molecular flexibility index (Phi) is 4.40. The fraction of sp³-hybridized carbons (Fsp3) is 0.923. The third-order valence-electron chi connectivity index (χ3n) is 4.06. The van der Waals surface area contributed by atoms with Gasteiger partial charge < -0.3 is 15.4 Å². The highest BCUT2D eigenvalue weighted by molar-refractivity contribution is 5.79. The summed E-state index contributed by atoms with van der Waals surface area (Å²) in [5.74, 6) is 0.400. The molecule has 2 aliphatic heterocycles. The van der Waals surface area contributed by atoms with Gasteiger partial charge in [-0.1, -0.05) is 6.92 Å². The van der Waals surface area contributed by atoms with E-state index in [0.29, 0.717) is 0 Å². The third kappa shape index (κ3) is 3.68. The Labute approximate surface area is 103 Å². The van der Waals surface area contributed by atoms with E-state index >= 15 is 0 Å². The van der Waals surface area contributed by atoms with E-state index in [-0.39, 0.29) is 17.2 Å². The molecule has 2 fully saturated rings. The molecule has 4 heteroatoms. The minimum atomic E-state index is 0.173. The Morgan fingerprint density at radius 1 is 1.47 bits per heavy atom. The summed E-state index contributed by atoms with van der Waals surface area (Å²) in [5.41, 5.74) is 0.232. The van der Waals surface area contributed by atoms with Gasteiger partial charge in [0.2, 0.25) is 5.91 Å². The first-order valence-corrected chi connectivity index (χ1v) is 6.76. The summed E-state index contributed by atoms with van der Waals surface area (Å²) >= 11 is 0. The minimum Gasteiger partial charge on any atom is -0.381 e. The van der Waals surface area contributed by atoms with Crippen LogP contribution in [0.3, 0.4) is 0 Å². The molecule has 0 aromatic rings. The molecule has 1 amide bonds. The van der Waals surface area contributed by atoms with Crippen molar-refractivity contribution in [1.29, 1.82) is 0 Å². The molecule has 2 rings (SSSR count). The Hall–Kier alpha value is -0.610. The SMILES string of the molecule is CC1(CNC(=O)C2CCCNC2)CCOCC1. The quantitative estimate of drug-likeness (QED) is 0.771. The van der Waals surface area contributed by atoms with Crippen LogP contribution in [0.25, 0.3) is 0 Å². The monoisotopic (exact) mass is 240 g/mol. The lowest BCUT2D eigenvalue weighted by atomic mass is 9.82. The molecular weight excluding hydrogens is 216 g/mol. The van der Waals surface area contributed by atoms with Crippen molar-refractivity contribution in [3.05, 3.63) is 0 Å². The largest absolute Gasteiger partial charge is 0.381 e. The van der Waals surface area contributed by atoms with E-state index < -0.39 is 0 Å². The highest BCUT2D eigenvalue weighted by atomic mass is 16.5. The van der Waals surface area contributed by atoms with Gasteiger partial charge in [-0.25, -0.2) is 0 Å². The number of piperidine rings is 1. The number of hydrogen-bond acceptors (Lipinski definition) is 3. The average molecular weight is 240 g/mol. The Morgan fingerprint density at radius 2 is 2.24 bits per heavy atom. The summed E-state index contributed by atoms with van der Waals surface area (Å²) in [5, 5.41) is 6.41. The number of nitrogens with one attached hydrogen (secondary N) is 2. The van der Waals surface area contributed by atoms with E-state index in [1.807, 2.05) is 0 Å². The number of carbonyl (C=O) groups is 1. The normalized spacial score (nSPS) is 28.6. The average Bonchev–Trinajstić information content (AvgIpc) is 2.38. The maximum Gasteiger partial charge on any atom is 0.224 e. The van der Waals surface area contributed by atoms with Crippen LogP contribution in [0.4, 0.5) is 0 Å². The number of amides is 1. The molecule has 0 radical (unpaired) electrons. The zero-order valence-electron chi connectivity index (χ0n) is 10.8. The van der Waals surface area contributed by atoms with E-state index in [9.17, 15) is 4.79 Å². The van der Waals surface area contributed by atoms with Crippen molar-refractivity contribution < 1.29 is 9.53 Å². The molecule has 2 heterocycles. The van der Waals surface area contributed by atoms with Crippen LogP contribution < -0.4 is 10.6 Å². The smallest absolute Gasteiger partial charge is 0.224 e. The van der Waals surface area contributed by atoms with Crippen LogP contribution in [0.2, 0.25) is 0 Å². The maximum absolute atomic E-state index is 12.0. The van der Waals surface area contributed by atoms with E-state index in [1.165, 1.54) is 0 Å². The second-order valence-corrected chi connectivity index (χ2v) is 5.68. The molecule has 4 nitrogen and oxygen atoms in total. The van der Waals surface area contributed by atoms with Crippen molar-refractivity contribution in [2.45, 2.75) is 32.6 Å². The molecule has 0 aromatic carbocycles. The van der Waals surface area contributed by atoms with Gasteiger partial charge in [0.25, 0.3) is 0 Å². The van der Waals surface area contributed by atoms with Gasteiger partial charge in [0.15, 0.2) is 0 Å². The summed E-state index contributed by atoms with van der Waals surface area (Å²) in [6.45, 7) is 6.60. The summed E-state index contributed by atoms with van der Waals surface area (Å²) in [6.07, 6.45) is 4.24. The first-order valence-electron chi connectivity index (χ1n) is 6.76. The Morgan fingerprint density at radius 3 is 2.88 bits per heavy atom. The second-order valence-electron chi connectivity index (χ2n) is 5.68. The molecule has 98 valence electrons. The third-order valence-corrected chi connectivity index (χ3v) is 4.06. The molecule has 0 aromatic heterocycles. The van der Waals surface area contributed by atoms with Gasteiger partial charge in [0.05, 0.1) is 5.92 Å². The van der Waals surface area contributed by atoms with E-state index in [1.54, 1.807) is 0 Å². The summed E-state index contributed by atoms with van der Waals surface area (Å²) in [4.78, 5) is 12.0. The summed E-state index contributed by atoms with van der Waals surface area (Å²) in [7, 11) is 0. The van der Waals surface area contributed by atoms with Gasteiger partial charge in [-0.05, 0) is 37.6 Å². The van der Waals surface area contributed by atoms with Crippen LogP contribution in [-0.4, -0.2) is 38.8 Å². The van der Waals surface area contributed by atoms with Gasteiger partial charge in [0.1, 0.15) is 0 Å². The van der Waals surface area contributed by atoms with Crippen LogP contribution in [0.1, 0.15) is 32.6 Å². The van der Waals surface area contributed by atoms with Crippen LogP contribution >= 0.6 is 0 Å². The first-order chi connectivity index (χ1) is 8.20. The molecule has 1 unspecified atom stereocenters. The van der Waals surface area contributed by atoms with E-state index in [2.05, 4.69) is 17.6 Å². The van der Waals surface area contributed by atoms with Crippen LogP contribution in [0, 0.1) is 11.3 Å². The van der Waals surface area contributed by atoms with E-state index in [0.717, 1.165) is 58.5 Å². The molecule has 2 N–H and O–H groups in total. The predicted molar refractivity (Wildman–Crippen MR) is 66.8 cm³/mol. The van der Waals surface area contributed by atoms with Crippen LogP contribution in [-0.2, 0) is 9.53 Å². The molecular formula is C13H24N2O2. The topological polar surface area (TPSA) is 50.4 Å². The molecule has 1 atom stereocenters. The molecule has 2 saturated heterocycles. The number of hydrogen-bond donors (Lipinski definition) is 2. The Balaban J connectivity index is 1.74. The molecule has 2 aliphatic rings. The Bertz CT molecular complexity index is 256. The first kappa shape index (κ1) is 12.8. The van der Waals surface area contributed by atoms with Gasteiger partial charge in [-0.3, -0.25) is 4.79 Å². The lowest BCUT2D eigenvalue weighted by Crippen LogP contribution is -2.45. The second kappa shape index (κ2) is 5.83. The van der Waals surface area contributed by atoms with Crippen molar-refractivity contribution in [2.75, 3.05) is 32.8 Å².